The fourth-order valence-electron chi connectivity index (χ4n) is 2.02. The third-order valence-corrected chi connectivity index (χ3v) is 4.44. The summed E-state index contributed by atoms with van der Waals surface area (Å²) >= 11 is 0. The Labute approximate surface area is 118 Å². The molecule has 1 atom stereocenters. The number of ether oxygens (including phenoxy) is 1. The fraction of sp³-hybridized carbons (Fsp3) is 0.818. The highest BCUT2D eigenvalue weighted by Crippen LogP contribution is 2.13. The number of carboxylic acids is 1. The Morgan fingerprint density at radius 1 is 1.30 bits per heavy atom. The lowest BCUT2D eigenvalue weighted by Crippen LogP contribution is -2.38. The second kappa shape index (κ2) is 7.00. The number of sulfonamides is 1. The van der Waals surface area contributed by atoms with E-state index in [1.807, 2.05) is 0 Å². The second-order valence-corrected chi connectivity index (χ2v) is 6.72. The van der Waals surface area contributed by atoms with E-state index in [0.717, 1.165) is 10.6 Å². The number of hydrogen-bond acceptors (Lipinski definition) is 5. The molecule has 0 aromatic rings. The first-order valence-corrected chi connectivity index (χ1v) is 8.05. The standard InChI is InChI=1S/C11H20N2O6S/c1-19-6-3-10(14)12-4-5-13(20(2,17)18)8-9(7-12)11(15)16/h9H,3-8H2,1-2H3,(H,15,16)/t9-/m1/s1. The molecule has 1 aliphatic heterocycles. The molecular weight excluding hydrogens is 288 g/mol. The van der Waals surface area contributed by atoms with Crippen LogP contribution in [-0.2, 0) is 24.3 Å². The van der Waals surface area contributed by atoms with Crippen LogP contribution in [0.2, 0.25) is 0 Å². The van der Waals surface area contributed by atoms with E-state index in [9.17, 15) is 18.0 Å². The Hall–Kier alpha value is -1.19. The smallest absolute Gasteiger partial charge is 0.309 e. The maximum absolute atomic E-state index is 11.9. The first kappa shape index (κ1) is 16.9. The third kappa shape index (κ3) is 4.73. The van der Waals surface area contributed by atoms with E-state index < -0.39 is 21.9 Å². The summed E-state index contributed by atoms with van der Waals surface area (Å²) in [5, 5.41) is 9.14. The number of rotatable bonds is 5. The Morgan fingerprint density at radius 2 is 1.95 bits per heavy atom. The van der Waals surface area contributed by atoms with Gasteiger partial charge in [-0.1, -0.05) is 0 Å². The molecule has 0 aromatic carbocycles. The topological polar surface area (TPSA) is 104 Å². The number of methoxy groups -OCH3 is 1. The Morgan fingerprint density at radius 3 is 2.45 bits per heavy atom. The summed E-state index contributed by atoms with van der Waals surface area (Å²) < 4.78 is 29.1. The van der Waals surface area contributed by atoms with Gasteiger partial charge in [0.1, 0.15) is 0 Å². The van der Waals surface area contributed by atoms with Crippen molar-refractivity contribution in [1.29, 1.82) is 0 Å². The number of aliphatic carboxylic acids is 1. The van der Waals surface area contributed by atoms with Gasteiger partial charge in [-0.3, -0.25) is 9.59 Å². The maximum atomic E-state index is 11.9. The van der Waals surface area contributed by atoms with E-state index >= 15 is 0 Å². The van der Waals surface area contributed by atoms with Crippen LogP contribution >= 0.6 is 0 Å². The predicted octanol–water partition coefficient (Wildman–Crippen LogP) is -1.17. The van der Waals surface area contributed by atoms with Crippen LogP contribution in [0.1, 0.15) is 6.42 Å². The Bertz CT molecular complexity index is 464. The van der Waals surface area contributed by atoms with Crippen LogP contribution in [0.15, 0.2) is 0 Å². The molecule has 0 unspecified atom stereocenters. The van der Waals surface area contributed by atoms with Gasteiger partial charge in [0.25, 0.3) is 0 Å². The molecule has 1 saturated heterocycles. The van der Waals surface area contributed by atoms with Crippen LogP contribution in [-0.4, -0.2) is 80.8 Å². The van der Waals surface area contributed by atoms with Gasteiger partial charge in [0.05, 0.1) is 25.2 Å². The van der Waals surface area contributed by atoms with Gasteiger partial charge < -0.3 is 14.7 Å². The molecule has 0 aliphatic carbocycles. The minimum Gasteiger partial charge on any atom is -0.481 e. The van der Waals surface area contributed by atoms with Crippen molar-refractivity contribution in [3.8, 4) is 0 Å². The van der Waals surface area contributed by atoms with Crippen molar-refractivity contribution in [2.24, 2.45) is 5.92 Å². The molecule has 1 heterocycles. The van der Waals surface area contributed by atoms with Gasteiger partial charge in [0, 0.05) is 33.3 Å². The molecule has 0 bridgehead atoms. The number of carbonyl (C=O) groups excluding carboxylic acids is 1. The molecule has 1 amide bonds. The Kier molecular flexibility index (Phi) is 5.90. The van der Waals surface area contributed by atoms with Crippen molar-refractivity contribution in [3.05, 3.63) is 0 Å². The van der Waals surface area contributed by atoms with Crippen molar-refractivity contribution in [1.82, 2.24) is 9.21 Å². The molecule has 8 nitrogen and oxygen atoms in total. The summed E-state index contributed by atoms with van der Waals surface area (Å²) in [4.78, 5) is 24.5. The molecule has 1 N–H and O–H groups in total. The molecule has 1 rings (SSSR count). The lowest BCUT2D eigenvalue weighted by atomic mass is 10.1. The van der Waals surface area contributed by atoms with E-state index in [2.05, 4.69) is 0 Å². The van der Waals surface area contributed by atoms with Crippen LogP contribution in [0.25, 0.3) is 0 Å². The highest BCUT2D eigenvalue weighted by Gasteiger charge is 2.32. The minimum absolute atomic E-state index is 0.0178. The largest absolute Gasteiger partial charge is 0.481 e. The van der Waals surface area contributed by atoms with Crippen molar-refractivity contribution in [3.63, 3.8) is 0 Å². The molecule has 0 radical (unpaired) electrons. The number of nitrogens with zero attached hydrogens (tertiary/aromatic N) is 2. The van der Waals surface area contributed by atoms with Crippen molar-refractivity contribution in [2.45, 2.75) is 6.42 Å². The van der Waals surface area contributed by atoms with Crippen molar-refractivity contribution in [2.75, 3.05) is 46.2 Å². The lowest BCUT2D eigenvalue weighted by molar-refractivity contribution is -0.143. The first-order chi connectivity index (χ1) is 9.25. The zero-order valence-corrected chi connectivity index (χ0v) is 12.4. The highest BCUT2D eigenvalue weighted by molar-refractivity contribution is 7.88. The summed E-state index contributed by atoms with van der Waals surface area (Å²) in [5.41, 5.74) is 0. The van der Waals surface area contributed by atoms with E-state index in [1.54, 1.807) is 0 Å². The number of hydrogen-bond donors (Lipinski definition) is 1. The van der Waals surface area contributed by atoms with Gasteiger partial charge >= 0.3 is 5.97 Å². The summed E-state index contributed by atoms with van der Waals surface area (Å²) in [6.07, 6.45) is 1.19. The summed E-state index contributed by atoms with van der Waals surface area (Å²) in [6.45, 7) is 0.468. The number of carbonyl (C=O) groups is 2. The zero-order chi connectivity index (χ0) is 15.3. The molecule has 1 fully saturated rings. The number of carboxylic acid groups (broad SMARTS) is 1. The van der Waals surface area contributed by atoms with Crippen molar-refractivity contribution < 1.29 is 27.9 Å². The molecule has 20 heavy (non-hydrogen) atoms. The molecule has 9 heteroatoms. The van der Waals surface area contributed by atoms with Crippen LogP contribution in [0.3, 0.4) is 0 Å². The van der Waals surface area contributed by atoms with Crippen LogP contribution < -0.4 is 0 Å². The van der Waals surface area contributed by atoms with Gasteiger partial charge in [-0.25, -0.2) is 8.42 Å². The van der Waals surface area contributed by atoms with Gasteiger partial charge in [0.15, 0.2) is 0 Å². The molecular formula is C11H20N2O6S. The van der Waals surface area contributed by atoms with Crippen LogP contribution in [0.4, 0.5) is 0 Å². The number of amides is 1. The van der Waals surface area contributed by atoms with Gasteiger partial charge in [0.2, 0.25) is 15.9 Å². The van der Waals surface area contributed by atoms with Gasteiger partial charge in [-0.15, -0.1) is 0 Å². The van der Waals surface area contributed by atoms with E-state index in [4.69, 9.17) is 9.84 Å². The van der Waals surface area contributed by atoms with Gasteiger partial charge in [-0.05, 0) is 0 Å². The SMILES string of the molecule is COCCC(=O)N1CCN(S(C)(=O)=O)C[C@H](C(=O)O)C1. The Balaban J connectivity index is 2.82. The van der Waals surface area contributed by atoms with Crippen molar-refractivity contribution >= 4 is 21.9 Å². The summed E-state index contributed by atoms with van der Waals surface area (Å²) in [7, 11) is -2.00. The molecule has 0 saturated carbocycles. The maximum Gasteiger partial charge on any atom is 0.309 e. The summed E-state index contributed by atoms with van der Waals surface area (Å²) in [6, 6.07) is 0. The first-order valence-electron chi connectivity index (χ1n) is 6.20. The van der Waals surface area contributed by atoms with Crippen LogP contribution in [0.5, 0.6) is 0 Å². The lowest BCUT2D eigenvalue weighted by Gasteiger charge is -2.22. The van der Waals surface area contributed by atoms with Crippen LogP contribution in [0, 0.1) is 5.92 Å². The molecule has 1 aliphatic rings. The average Bonchev–Trinajstić information content (AvgIpc) is 2.58. The second-order valence-electron chi connectivity index (χ2n) is 4.74. The molecule has 116 valence electrons. The molecule has 0 aromatic heterocycles. The van der Waals surface area contributed by atoms with Gasteiger partial charge in [-0.2, -0.15) is 4.31 Å². The van der Waals surface area contributed by atoms with E-state index in [0.29, 0.717) is 0 Å². The third-order valence-electron chi connectivity index (χ3n) is 3.18. The highest BCUT2D eigenvalue weighted by atomic mass is 32.2. The fourth-order valence-corrected chi connectivity index (χ4v) is 2.88. The van der Waals surface area contributed by atoms with E-state index in [1.165, 1.54) is 12.0 Å². The predicted molar refractivity (Wildman–Crippen MR) is 70.6 cm³/mol. The molecule has 0 spiro atoms. The summed E-state index contributed by atoms with van der Waals surface area (Å²) in [5.74, 6) is -2.25. The average molecular weight is 308 g/mol. The normalized spacial score (nSPS) is 21.5. The minimum atomic E-state index is -3.47. The van der Waals surface area contributed by atoms with E-state index in [-0.39, 0.29) is 45.1 Å². The quantitative estimate of drug-likeness (QED) is 0.686. The monoisotopic (exact) mass is 308 g/mol. The zero-order valence-electron chi connectivity index (χ0n) is 11.6.